The maximum Gasteiger partial charge on any atom is 0.336 e. The first kappa shape index (κ1) is 25.2. The van der Waals surface area contributed by atoms with Crippen LogP contribution in [0.2, 0.25) is 0 Å². The van der Waals surface area contributed by atoms with Crippen molar-refractivity contribution in [2.24, 2.45) is 35.1 Å². The van der Waals surface area contributed by atoms with Crippen LogP contribution >= 0.6 is 0 Å². The molecule has 4 atom stereocenters. The third-order valence-electron chi connectivity index (χ3n) is 7.31. The summed E-state index contributed by atoms with van der Waals surface area (Å²) in [6.45, 7) is 2.38. The molecule has 2 amide bonds. The molecule has 0 radical (unpaired) electrons. The standard InChI is InChI=1S/C25H38N4O4/c26-12-16-3-1-5-18(9-16)14-28-23(30)20-7-8-21(22(11-20)25(32)33)24(31)29-15-19-6-2-4-17(10-19)13-27/h7-8,11,16-19H,1-6,9-10,12-15,26-27H2,(H,28,30)(H,29,31)(H,32,33). The summed E-state index contributed by atoms with van der Waals surface area (Å²) >= 11 is 0. The largest absolute Gasteiger partial charge is 0.478 e. The van der Waals surface area contributed by atoms with Crippen LogP contribution in [0.3, 0.4) is 0 Å². The highest BCUT2D eigenvalue weighted by molar-refractivity contribution is 6.07. The van der Waals surface area contributed by atoms with E-state index in [-0.39, 0.29) is 22.6 Å². The van der Waals surface area contributed by atoms with Crippen LogP contribution in [0.4, 0.5) is 0 Å². The molecule has 2 aliphatic rings. The number of nitrogens with one attached hydrogen (secondary N) is 2. The van der Waals surface area contributed by atoms with Gasteiger partial charge in [-0.3, -0.25) is 9.59 Å². The molecule has 33 heavy (non-hydrogen) atoms. The fraction of sp³-hybridized carbons (Fsp3) is 0.640. The fourth-order valence-electron chi connectivity index (χ4n) is 5.34. The molecule has 1 aromatic carbocycles. The number of rotatable bonds is 9. The van der Waals surface area contributed by atoms with Crippen molar-refractivity contribution in [1.29, 1.82) is 0 Å². The van der Waals surface area contributed by atoms with E-state index < -0.39 is 11.9 Å². The van der Waals surface area contributed by atoms with Crippen LogP contribution in [0.25, 0.3) is 0 Å². The van der Waals surface area contributed by atoms with Crippen LogP contribution in [-0.2, 0) is 0 Å². The van der Waals surface area contributed by atoms with Gasteiger partial charge in [-0.1, -0.05) is 12.8 Å². The number of amides is 2. The summed E-state index contributed by atoms with van der Waals surface area (Å²) in [4.78, 5) is 37.2. The predicted octanol–water partition coefficient (Wildman–Crippen LogP) is 2.37. The monoisotopic (exact) mass is 458 g/mol. The number of nitrogens with two attached hydrogens (primary N) is 2. The highest BCUT2D eigenvalue weighted by Gasteiger charge is 2.24. The molecular weight excluding hydrogens is 420 g/mol. The smallest absolute Gasteiger partial charge is 0.336 e. The molecule has 4 unspecified atom stereocenters. The summed E-state index contributed by atoms with van der Waals surface area (Å²) in [5, 5.41) is 15.5. The zero-order valence-electron chi connectivity index (χ0n) is 19.4. The van der Waals surface area contributed by atoms with Crippen LogP contribution < -0.4 is 22.1 Å². The van der Waals surface area contributed by atoms with E-state index in [9.17, 15) is 19.5 Å². The lowest BCUT2D eigenvalue weighted by molar-refractivity contribution is 0.0690. The second-order valence-electron chi connectivity index (χ2n) is 9.75. The second-order valence-corrected chi connectivity index (χ2v) is 9.75. The van der Waals surface area contributed by atoms with Crippen molar-refractivity contribution < 1.29 is 19.5 Å². The van der Waals surface area contributed by atoms with Gasteiger partial charge in [0, 0.05) is 18.7 Å². The topological polar surface area (TPSA) is 148 Å². The number of carbonyl (C=O) groups is 3. The van der Waals surface area contributed by atoms with Crippen molar-refractivity contribution in [2.45, 2.75) is 51.4 Å². The molecule has 0 bridgehead atoms. The summed E-state index contributed by atoms with van der Waals surface area (Å²) in [5.74, 6) is -0.241. The Labute approximate surface area is 195 Å². The van der Waals surface area contributed by atoms with Crippen molar-refractivity contribution in [3.05, 3.63) is 34.9 Å². The molecule has 2 saturated carbocycles. The molecule has 0 heterocycles. The average Bonchev–Trinajstić information content (AvgIpc) is 2.85. The number of carboxylic acid groups (broad SMARTS) is 1. The van der Waals surface area contributed by atoms with Crippen molar-refractivity contribution in [2.75, 3.05) is 26.2 Å². The van der Waals surface area contributed by atoms with E-state index in [4.69, 9.17) is 11.5 Å². The van der Waals surface area contributed by atoms with Crippen molar-refractivity contribution in [3.8, 4) is 0 Å². The Morgan fingerprint density at radius 1 is 0.788 bits per heavy atom. The molecule has 3 rings (SSSR count). The minimum atomic E-state index is -1.23. The Kier molecular flexibility index (Phi) is 9.26. The van der Waals surface area contributed by atoms with Crippen LogP contribution in [0.15, 0.2) is 18.2 Å². The van der Waals surface area contributed by atoms with Crippen LogP contribution in [0.5, 0.6) is 0 Å². The number of benzene rings is 1. The molecule has 182 valence electrons. The Balaban J connectivity index is 1.59. The van der Waals surface area contributed by atoms with Gasteiger partial charge in [0.2, 0.25) is 0 Å². The van der Waals surface area contributed by atoms with Gasteiger partial charge in [0.25, 0.3) is 11.8 Å². The normalized spacial score (nSPS) is 25.3. The number of aromatic carboxylic acids is 1. The second kappa shape index (κ2) is 12.1. The number of carbonyl (C=O) groups excluding carboxylic acids is 2. The summed E-state index contributed by atoms with van der Waals surface area (Å²) in [5.41, 5.74) is 11.7. The molecule has 2 fully saturated rings. The lowest BCUT2D eigenvalue weighted by Crippen LogP contribution is -2.34. The summed E-state index contributed by atoms with van der Waals surface area (Å²) < 4.78 is 0. The zero-order chi connectivity index (χ0) is 23.8. The van der Waals surface area contributed by atoms with Crippen molar-refractivity contribution in [1.82, 2.24) is 10.6 Å². The molecule has 0 aromatic heterocycles. The van der Waals surface area contributed by atoms with Crippen molar-refractivity contribution >= 4 is 17.8 Å². The predicted molar refractivity (Wildman–Crippen MR) is 127 cm³/mol. The molecule has 0 spiro atoms. The molecule has 8 heteroatoms. The fourth-order valence-corrected chi connectivity index (χ4v) is 5.34. The van der Waals surface area contributed by atoms with E-state index in [1.807, 2.05) is 0 Å². The molecule has 0 saturated heterocycles. The van der Waals surface area contributed by atoms with Gasteiger partial charge in [0.1, 0.15) is 0 Å². The van der Waals surface area contributed by atoms with Gasteiger partial charge >= 0.3 is 5.97 Å². The van der Waals surface area contributed by atoms with Gasteiger partial charge in [-0.2, -0.15) is 0 Å². The van der Waals surface area contributed by atoms with Crippen LogP contribution in [0.1, 0.15) is 82.4 Å². The Morgan fingerprint density at radius 3 is 1.82 bits per heavy atom. The third-order valence-corrected chi connectivity index (χ3v) is 7.31. The minimum Gasteiger partial charge on any atom is -0.478 e. The van der Waals surface area contributed by atoms with Gasteiger partial charge in [-0.25, -0.2) is 4.79 Å². The van der Waals surface area contributed by atoms with Gasteiger partial charge in [0.05, 0.1) is 11.1 Å². The zero-order valence-corrected chi connectivity index (χ0v) is 19.4. The third kappa shape index (κ3) is 7.01. The SMILES string of the molecule is NCC1CCCC(CNC(=O)c2ccc(C(=O)NCC3CCCC(CN)C3)c(C(=O)O)c2)C1. The van der Waals surface area contributed by atoms with E-state index in [1.165, 1.54) is 18.2 Å². The molecule has 8 nitrogen and oxygen atoms in total. The van der Waals surface area contributed by atoms with E-state index >= 15 is 0 Å². The van der Waals surface area contributed by atoms with E-state index in [1.54, 1.807) is 0 Å². The highest BCUT2D eigenvalue weighted by atomic mass is 16.4. The number of hydrogen-bond donors (Lipinski definition) is 5. The lowest BCUT2D eigenvalue weighted by atomic mass is 9.81. The van der Waals surface area contributed by atoms with E-state index in [0.29, 0.717) is 49.9 Å². The summed E-state index contributed by atoms with van der Waals surface area (Å²) in [6, 6.07) is 4.24. The minimum absolute atomic E-state index is 0.0725. The Bertz CT molecular complexity index is 844. The number of carboxylic acids is 1. The van der Waals surface area contributed by atoms with Crippen LogP contribution in [-0.4, -0.2) is 49.1 Å². The Morgan fingerprint density at radius 2 is 1.30 bits per heavy atom. The lowest BCUT2D eigenvalue weighted by Gasteiger charge is -2.28. The molecule has 0 aliphatic heterocycles. The summed E-state index contributed by atoms with van der Waals surface area (Å²) in [6.07, 6.45) is 8.56. The highest BCUT2D eigenvalue weighted by Crippen LogP contribution is 2.29. The molecular formula is C25H38N4O4. The van der Waals surface area contributed by atoms with Crippen molar-refractivity contribution in [3.63, 3.8) is 0 Å². The molecule has 2 aliphatic carbocycles. The Hall–Kier alpha value is -2.45. The van der Waals surface area contributed by atoms with Gasteiger partial charge < -0.3 is 27.2 Å². The first-order chi connectivity index (χ1) is 15.9. The summed E-state index contributed by atoms with van der Waals surface area (Å²) in [7, 11) is 0. The van der Waals surface area contributed by atoms with Gasteiger partial charge in [-0.05, 0) is 93.5 Å². The number of hydrogen-bond acceptors (Lipinski definition) is 5. The van der Waals surface area contributed by atoms with Gasteiger partial charge in [0.15, 0.2) is 0 Å². The maximum absolute atomic E-state index is 12.7. The molecule has 1 aromatic rings. The average molecular weight is 459 g/mol. The quantitative estimate of drug-likeness (QED) is 0.384. The van der Waals surface area contributed by atoms with Crippen LogP contribution in [0, 0.1) is 23.7 Å². The molecule has 7 N–H and O–H groups in total. The first-order valence-corrected chi connectivity index (χ1v) is 12.2. The van der Waals surface area contributed by atoms with E-state index in [0.717, 1.165) is 51.4 Å². The maximum atomic E-state index is 12.7. The van der Waals surface area contributed by atoms with Gasteiger partial charge in [-0.15, -0.1) is 0 Å². The first-order valence-electron chi connectivity index (χ1n) is 12.2. The van der Waals surface area contributed by atoms with E-state index in [2.05, 4.69) is 10.6 Å².